The Labute approximate surface area is 221 Å². The molecule has 10 nitrogen and oxygen atoms in total. The highest BCUT2D eigenvalue weighted by molar-refractivity contribution is 7.58. The lowest BCUT2D eigenvalue weighted by molar-refractivity contribution is -0.384. The number of ether oxygens (including phenoxy) is 1. The number of carbonyl (C=O) groups is 1. The fourth-order valence-electron chi connectivity index (χ4n) is 4.47. The Morgan fingerprint density at radius 1 is 1.13 bits per heavy atom. The Morgan fingerprint density at radius 3 is 2.47 bits per heavy atom. The van der Waals surface area contributed by atoms with Gasteiger partial charge in [0.25, 0.3) is 5.69 Å². The second kappa shape index (κ2) is 11.1. The van der Waals surface area contributed by atoms with E-state index in [2.05, 4.69) is 10.6 Å². The number of nitro benzene ring substituents is 1. The Bertz CT molecular complexity index is 1320. The van der Waals surface area contributed by atoms with E-state index in [1.165, 1.54) is 18.2 Å². The molecule has 2 N–H and O–H groups in total. The number of dihydropyridines is 1. The highest BCUT2D eigenvalue weighted by atomic mass is 31.2. The van der Waals surface area contributed by atoms with Gasteiger partial charge in [-0.05, 0) is 31.5 Å². The zero-order chi connectivity index (χ0) is 27.5. The zero-order valence-corrected chi connectivity index (χ0v) is 22.7. The summed E-state index contributed by atoms with van der Waals surface area (Å²) < 4.78 is 31.4. The molecule has 1 atom stereocenters. The van der Waals surface area contributed by atoms with E-state index in [1.807, 2.05) is 44.2 Å². The van der Waals surface area contributed by atoms with E-state index in [9.17, 15) is 19.5 Å². The van der Waals surface area contributed by atoms with Gasteiger partial charge in [-0.15, -0.1) is 0 Å². The lowest BCUT2D eigenvalue weighted by Crippen LogP contribution is -2.34. The number of esters is 1. The van der Waals surface area contributed by atoms with Crippen molar-refractivity contribution in [3.63, 3.8) is 0 Å². The number of para-hydroxylation sites is 1. The molecule has 202 valence electrons. The van der Waals surface area contributed by atoms with Crippen LogP contribution >= 0.6 is 7.60 Å². The van der Waals surface area contributed by atoms with Gasteiger partial charge in [0.05, 0.1) is 34.9 Å². The van der Waals surface area contributed by atoms with Crippen molar-refractivity contribution in [2.24, 2.45) is 5.41 Å². The number of non-ortho nitro benzene ring substituents is 1. The van der Waals surface area contributed by atoms with Crippen LogP contribution in [0.3, 0.4) is 0 Å². The fraction of sp³-hybridized carbons (Fsp3) is 0.370. The van der Waals surface area contributed by atoms with Gasteiger partial charge >= 0.3 is 13.6 Å². The average Bonchev–Trinajstić information content (AvgIpc) is 2.88. The first kappa shape index (κ1) is 27.6. The molecule has 2 aromatic rings. The van der Waals surface area contributed by atoms with Gasteiger partial charge < -0.3 is 24.4 Å². The second-order valence-electron chi connectivity index (χ2n) is 10.1. The number of carbonyl (C=O) groups excluding carboxylic acids is 1. The van der Waals surface area contributed by atoms with Crippen LogP contribution < -0.4 is 10.6 Å². The first-order chi connectivity index (χ1) is 18.0. The zero-order valence-electron chi connectivity index (χ0n) is 21.9. The van der Waals surface area contributed by atoms with Crippen LogP contribution in [-0.2, 0) is 23.1 Å². The molecule has 0 radical (unpaired) electrons. The van der Waals surface area contributed by atoms with Gasteiger partial charge in [0.2, 0.25) is 0 Å². The number of nitro groups is 1. The molecule has 2 aliphatic rings. The van der Waals surface area contributed by atoms with Gasteiger partial charge in [0.1, 0.15) is 6.61 Å². The van der Waals surface area contributed by atoms with Crippen LogP contribution in [0.25, 0.3) is 0 Å². The molecule has 38 heavy (non-hydrogen) atoms. The Morgan fingerprint density at radius 2 is 1.82 bits per heavy atom. The maximum Gasteiger partial charge on any atom is 0.360 e. The fourth-order valence-corrected chi connectivity index (χ4v) is 6.92. The van der Waals surface area contributed by atoms with E-state index in [-0.39, 0.29) is 41.8 Å². The standard InChI is InChI=1S/C27H32N3O7P/c1-18-23(26(31)35-14-13-28-21-10-6-5-7-11-21)24(20-9-8-12-22(15-20)30(32)33)25(19(2)29-18)38(34)36-16-27(3,4)17-37-38/h5-12,15,24,28-29H,13-14,16-17H2,1-4H3. The van der Waals surface area contributed by atoms with Crippen molar-refractivity contribution in [2.45, 2.75) is 33.6 Å². The van der Waals surface area contributed by atoms with Crippen LogP contribution in [0.2, 0.25) is 0 Å². The van der Waals surface area contributed by atoms with Crippen LogP contribution in [0.4, 0.5) is 11.4 Å². The summed E-state index contributed by atoms with van der Waals surface area (Å²) >= 11 is 0. The summed E-state index contributed by atoms with van der Waals surface area (Å²) in [6.45, 7) is 8.14. The highest BCUT2D eigenvalue weighted by Gasteiger charge is 2.48. The van der Waals surface area contributed by atoms with Crippen LogP contribution in [0.15, 0.2) is 76.9 Å². The van der Waals surface area contributed by atoms with Gasteiger partial charge in [-0.25, -0.2) is 4.79 Å². The molecular weight excluding hydrogens is 509 g/mol. The summed E-state index contributed by atoms with van der Waals surface area (Å²) in [6.07, 6.45) is 0. The van der Waals surface area contributed by atoms with Crippen molar-refractivity contribution in [3.8, 4) is 0 Å². The van der Waals surface area contributed by atoms with Crippen LogP contribution in [0.1, 0.15) is 39.2 Å². The third kappa shape index (κ3) is 5.99. The summed E-state index contributed by atoms with van der Waals surface area (Å²) in [4.78, 5) is 24.5. The van der Waals surface area contributed by atoms with Crippen LogP contribution in [-0.4, -0.2) is 37.3 Å². The number of hydrogen-bond acceptors (Lipinski definition) is 9. The third-order valence-electron chi connectivity index (χ3n) is 6.34. The molecule has 0 amide bonds. The summed E-state index contributed by atoms with van der Waals surface area (Å²) in [5.41, 5.74) is 2.00. The van der Waals surface area contributed by atoms with Crippen molar-refractivity contribution in [3.05, 3.63) is 92.6 Å². The number of rotatable bonds is 8. The molecule has 0 spiro atoms. The van der Waals surface area contributed by atoms with Crippen molar-refractivity contribution >= 4 is 24.9 Å². The van der Waals surface area contributed by atoms with Crippen LogP contribution in [0.5, 0.6) is 0 Å². The summed E-state index contributed by atoms with van der Waals surface area (Å²) in [5, 5.41) is 18.1. The molecule has 2 heterocycles. The quantitative estimate of drug-likeness (QED) is 0.142. The maximum atomic E-state index is 14.1. The van der Waals surface area contributed by atoms with Crippen LogP contribution in [0, 0.1) is 15.5 Å². The van der Waals surface area contributed by atoms with Gasteiger partial charge in [-0.2, -0.15) is 0 Å². The molecule has 2 aliphatic heterocycles. The van der Waals surface area contributed by atoms with E-state index in [1.54, 1.807) is 19.9 Å². The van der Waals surface area contributed by atoms with E-state index in [4.69, 9.17) is 13.8 Å². The van der Waals surface area contributed by atoms with Crippen molar-refractivity contribution < 1.29 is 28.1 Å². The minimum Gasteiger partial charge on any atom is -0.460 e. The van der Waals surface area contributed by atoms with Crippen molar-refractivity contribution in [2.75, 3.05) is 31.7 Å². The molecular formula is C27H32N3O7P. The number of allylic oxidation sites excluding steroid dienone is 3. The summed E-state index contributed by atoms with van der Waals surface area (Å²) in [5.74, 6) is -1.56. The molecule has 0 aromatic heterocycles. The van der Waals surface area contributed by atoms with Crippen molar-refractivity contribution in [1.29, 1.82) is 0 Å². The predicted molar refractivity (Wildman–Crippen MR) is 144 cm³/mol. The number of nitrogens with zero attached hydrogens (tertiary/aromatic N) is 1. The summed E-state index contributed by atoms with van der Waals surface area (Å²) in [7, 11) is -3.87. The highest BCUT2D eigenvalue weighted by Crippen LogP contribution is 2.66. The van der Waals surface area contributed by atoms with E-state index < -0.39 is 24.4 Å². The predicted octanol–water partition coefficient (Wildman–Crippen LogP) is 5.71. The van der Waals surface area contributed by atoms with E-state index >= 15 is 0 Å². The lowest BCUT2D eigenvalue weighted by atomic mass is 9.86. The molecule has 1 unspecified atom stereocenters. The van der Waals surface area contributed by atoms with Gasteiger partial charge in [-0.1, -0.05) is 44.2 Å². The SMILES string of the molecule is CC1=C(C(=O)OCCNc2ccccc2)C(c2cccc([N+](=O)[O-])c2)C(P2(=O)OCC(C)(C)CO2)=C(C)N1. The topological polar surface area (TPSA) is 129 Å². The smallest absolute Gasteiger partial charge is 0.360 e. The van der Waals surface area contributed by atoms with E-state index in [0.29, 0.717) is 23.5 Å². The minimum atomic E-state index is -3.87. The normalized spacial score (nSPS) is 20.5. The summed E-state index contributed by atoms with van der Waals surface area (Å²) in [6, 6.07) is 15.4. The molecule has 2 aromatic carbocycles. The molecule has 0 aliphatic carbocycles. The Kier molecular flexibility index (Phi) is 8.06. The number of benzene rings is 2. The lowest BCUT2D eigenvalue weighted by Gasteiger charge is -2.39. The van der Waals surface area contributed by atoms with Gasteiger partial charge in [0, 0.05) is 41.2 Å². The molecule has 0 bridgehead atoms. The third-order valence-corrected chi connectivity index (χ3v) is 8.47. The monoisotopic (exact) mass is 541 g/mol. The first-order valence-corrected chi connectivity index (χ1v) is 13.8. The second-order valence-corrected chi connectivity index (χ2v) is 12.1. The average molecular weight is 542 g/mol. The molecule has 1 fully saturated rings. The maximum absolute atomic E-state index is 14.1. The molecule has 0 saturated carbocycles. The van der Waals surface area contributed by atoms with E-state index in [0.717, 1.165) is 5.69 Å². The van der Waals surface area contributed by atoms with Gasteiger partial charge in [-0.3, -0.25) is 14.7 Å². The molecule has 1 saturated heterocycles. The number of nitrogens with one attached hydrogen (secondary N) is 2. The van der Waals surface area contributed by atoms with Crippen molar-refractivity contribution in [1.82, 2.24) is 5.32 Å². The Hall–Kier alpha value is -3.46. The minimum absolute atomic E-state index is 0.0725. The number of hydrogen-bond donors (Lipinski definition) is 2. The largest absolute Gasteiger partial charge is 0.460 e. The number of anilines is 1. The first-order valence-electron chi connectivity index (χ1n) is 12.3. The molecule has 4 rings (SSSR count). The Balaban J connectivity index is 1.67. The molecule has 11 heteroatoms. The van der Waals surface area contributed by atoms with Gasteiger partial charge in [0.15, 0.2) is 0 Å².